The van der Waals surface area contributed by atoms with Gasteiger partial charge >= 0.3 is 5.97 Å². The first-order chi connectivity index (χ1) is 16.1. The Kier molecular flexibility index (Phi) is 5.43. The zero-order valence-electron chi connectivity index (χ0n) is 17.8. The summed E-state index contributed by atoms with van der Waals surface area (Å²) in [6.07, 6.45) is 2.94. The van der Waals surface area contributed by atoms with Crippen LogP contribution in [0.3, 0.4) is 0 Å². The average molecular weight is 464 g/mol. The molecule has 0 saturated carbocycles. The molecular weight excluding hydrogens is 442 g/mol. The number of pyridine rings is 2. The van der Waals surface area contributed by atoms with Gasteiger partial charge in [-0.3, -0.25) is 9.36 Å². The lowest BCUT2D eigenvalue weighted by Crippen LogP contribution is -2.47. The largest absolute Gasteiger partial charge is 0.495 e. The van der Waals surface area contributed by atoms with E-state index in [4.69, 9.17) is 9.72 Å². The van der Waals surface area contributed by atoms with Crippen LogP contribution in [0.2, 0.25) is 0 Å². The number of piperazine rings is 1. The molecule has 1 N–H and O–H groups in total. The Bertz CT molecular complexity index is 1380. The summed E-state index contributed by atoms with van der Waals surface area (Å²) in [5.74, 6) is 0.301. The molecule has 33 heavy (non-hydrogen) atoms. The molecular formula is C23H21N5O4S. The van der Waals surface area contributed by atoms with Crippen molar-refractivity contribution in [1.82, 2.24) is 14.5 Å². The predicted molar refractivity (Wildman–Crippen MR) is 127 cm³/mol. The molecule has 1 fully saturated rings. The van der Waals surface area contributed by atoms with Crippen LogP contribution in [0.1, 0.15) is 10.4 Å². The third-order valence-electron chi connectivity index (χ3n) is 5.72. The van der Waals surface area contributed by atoms with Crippen molar-refractivity contribution >= 4 is 39.8 Å². The number of anilines is 2. The SMILES string of the molecule is COc1ccccc1N1CCN(c2ccc3c(=O)c(C(=O)O)cn(-c4nccs4)c3n2)CC1. The van der Waals surface area contributed by atoms with Gasteiger partial charge in [-0.2, -0.15) is 0 Å². The fourth-order valence-electron chi connectivity index (χ4n) is 4.07. The van der Waals surface area contributed by atoms with Gasteiger partial charge in [0.1, 0.15) is 17.1 Å². The number of ether oxygens (including phenoxy) is 1. The average Bonchev–Trinajstić information content (AvgIpc) is 3.39. The molecule has 0 amide bonds. The molecule has 0 atom stereocenters. The summed E-state index contributed by atoms with van der Waals surface area (Å²) in [6.45, 7) is 3.06. The highest BCUT2D eigenvalue weighted by molar-refractivity contribution is 7.12. The third kappa shape index (κ3) is 3.78. The first-order valence-electron chi connectivity index (χ1n) is 10.4. The molecule has 1 aromatic carbocycles. The number of nitrogens with zero attached hydrogens (tertiary/aromatic N) is 5. The minimum atomic E-state index is -1.27. The van der Waals surface area contributed by atoms with Crippen molar-refractivity contribution in [3.63, 3.8) is 0 Å². The molecule has 0 aliphatic carbocycles. The van der Waals surface area contributed by atoms with E-state index in [1.807, 2.05) is 18.2 Å². The number of thiazole rings is 1. The molecule has 5 rings (SSSR count). The van der Waals surface area contributed by atoms with E-state index >= 15 is 0 Å². The summed E-state index contributed by atoms with van der Waals surface area (Å²) >= 11 is 1.34. The van der Waals surface area contributed by atoms with Crippen molar-refractivity contribution in [2.24, 2.45) is 0 Å². The van der Waals surface area contributed by atoms with Gasteiger partial charge in [0.15, 0.2) is 10.8 Å². The van der Waals surface area contributed by atoms with E-state index in [-0.39, 0.29) is 10.9 Å². The van der Waals surface area contributed by atoms with Gasteiger partial charge in [-0.25, -0.2) is 14.8 Å². The zero-order valence-corrected chi connectivity index (χ0v) is 18.7. The second kappa shape index (κ2) is 8.55. The number of hydrogen-bond acceptors (Lipinski definition) is 8. The molecule has 168 valence electrons. The normalized spacial score (nSPS) is 14.0. The highest BCUT2D eigenvalue weighted by atomic mass is 32.1. The van der Waals surface area contributed by atoms with Crippen LogP contribution in [0, 0.1) is 0 Å². The van der Waals surface area contributed by atoms with E-state index < -0.39 is 11.4 Å². The number of aromatic nitrogens is 3. The van der Waals surface area contributed by atoms with E-state index in [9.17, 15) is 14.7 Å². The van der Waals surface area contributed by atoms with Gasteiger partial charge < -0.3 is 19.6 Å². The van der Waals surface area contributed by atoms with Gasteiger partial charge in [0.25, 0.3) is 0 Å². The Hall–Kier alpha value is -3.92. The van der Waals surface area contributed by atoms with Crippen LogP contribution in [0.25, 0.3) is 16.2 Å². The van der Waals surface area contributed by atoms with Crippen LogP contribution in [-0.2, 0) is 0 Å². The Balaban J connectivity index is 1.49. The third-order valence-corrected chi connectivity index (χ3v) is 6.49. The first kappa shape index (κ1) is 21.0. The van der Waals surface area contributed by atoms with Crippen molar-refractivity contribution in [3.05, 3.63) is 70.0 Å². The lowest BCUT2D eigenvalue weighted by Gasteiger charge is -2.37. The predicted octanol–water partition coefficient (Wildman–Crippen LogP) is 2.88. The second-order valence-corrected chi connectivity index (χ2v) is 8.42. The number of methoxy groups -OCH3 is 1. The van der Waals surface area contributed by atoms with E-state index in [0.717, 1.165) is 43.4 Å². The minimum Gasteiger partial charge on any atom is -0.495 e. The number of fused-ring (bicyclic) bond motifs is 1. The molecule has 9 nitrogen and oxygen atoms in total. The van der Waals surface area contributed by atoms with Crippen molar-refractivity contribution < 1.29 is 14.6 Å². The summed E-state index contributed by atoms with van der Waals surface area (Å²) in [4.78, 5) is 37.9. The molecule has 1 saturated heterocycles. The van der Waals surface area contributed by atoms with Crippen molar-refractivity contribution in [2.75, 3.05) is 43.1 Å². The maximum Gasteiger partial charge on any atom is 0.341 e. The molecule has 3 aromatic heterocycles. The standard InChI is InChI=1S/C23H21N5O4S/c1-32-18-5-3-2-4-17(18)26-9-11-27(12-10-26)19-7-6-15-20(29)16(22(30)31)14-28(21(15)25-19)23-24-8-13-33-23/h2-8,13-14H,9-12H2,1H3,(H,30,31). The smallest absolute Gasteiger partial charge is 0.341 e. The van der Waals surface area contributed by atoms with Gasteiger partial charge in [-0.1, -0.05) is 12.1 Å². The van der Waals surface area contributed by atoms with Crippen LogP contribution in [0.4, 0.5) is 11.5 Å². The Labute approximate surface area is 193 Å². The maximum atomic E-state index is 12.8. The molecule has 1 aliphatic heterocycles. The quantitative estimate of drug-likeness (QED) is 0.482. The summed E-state index contributed by atoms with van der Waals surface area (Å²) in [7, 11) is 1.67. The van der Waals surface area contributed by atoms with E-state index in [2.05, 4.69) is 20.9 Å². The summed E-state index contributed by atoms with van der Waals surface area (Å²) < 4.78 is 7.08. The lowest BCUT2D eigenvalue weighted by molar-refractivity contribution is 0.0695. The minimum absolute atomic E-state index is 0.251. The Morgan fingerprint density at radius 2 is 1.85 bits per heavy atom. The fourth-order valence-corrected chi connectivity index (χ4v) is 4.69. The summed E-state index contributed by atoms with van der Waals surface area (Å²) in [5.41, 5.74) is 0.595. The van der Waals surface area contributed by atoms with Crippen molar-refractivity contribution in [3.8, 4) is 10.9 Å². The molecule has 4 aromatic rings. The fraction of sp³-hybridized carbons (Fsp3) is 0.217. The van der Waals surface area contributed by atoms with Gasteiger partial charge in [0, 0.05) is 44.0 Å². The number of para-hydroxylation sites is 2. The van der Waals surface area contributed by atoms with Gasteiger partial charge in [-0.05, 0) is 24.3 Å². The highest BCUT2D eigenvalue weighted by Gasteiger charge is 2.22. The number of benzene rings is 1. The second-order valence-electron chi connectivity index (χ2n) is 7.55. The van der Waals surface area contributed by atoms with Crippen molar-refractivity contribution in [1.29, 1.82) is 0 Å². The molecule has 0 bridgehead atoms. The van der Waals surface area contributed by atoms with Crippen molar-refractivity contribution in [2.45, 2.75) is 0 Å². The summed E-state index contributed by atoms with van der Waals surface area (Å²) in [5, 5.41) is 12.1. The van der Waals surface area contributed by atoms with E-state index in [0.29, 0.717) is 10.8 Å². The van der Waals surface area contributed by atoms with Crippen LogP contribution < -0.4 is 20.0 Å². The molecule has 0 unspecified atom stereocenters. The number of carboxylic acids is 1. The van der Waals surface area contributed by atoms with Crippen LogP contribution in [0.15, 0.2) is 59.0 Å². The number of carbonyl (C=O) groups is 1. The molecule has 4 heterocycles. The lowest BCUT2D eigenvalue weighted by atomic mass is 10.2. The Morgan fingerprint density at radius 1 is 1.09 bits per heavy atom. The summed E-state index contributed by atoms with van der Waals surface area (Å²) in [6, 6.07) is 11.4. The highest BCUT2D eigenvalue weighted by Crippen LogP contribution is 2.29. The molecule has 1 aliphatic rings. The Morgan fingerprint density at radius 3 is 2.55 bits per heavy atom. The topological polar surface area (TPSA) is 101 Å². The number of rotatable bonds is 5. The van der Waals surface area contributed by atoms with Crippen LogP contribution in [0.5, 0.6) is 5.75 Å². The monoisotopic (exact) mass is 463 g/mol. The number of carboxylic acid groups (broad SMARTS) is 1. The van der Waals surface area contributed by atoms with Crippen LogP contribution >= 0.6 is 11.3 Å². The first-order valence-corrected chi connectivity index (χ1v) is 11.3. The molecule has 0 radical (unpaired) electrons. The van der Waals surface area contributed by atoms with Gasteiger partial charge in [0.05, 0.1) is 18.2 Å². The van der Waals surface area contributed by atoms with Crippen LogP contribution in [-0.4, -0.2) is 58.9 Å². The molecule has 10 heteroatoms. The van der Waals surface area contributed by atoms with Gasteiger partial charge in [-0.15, -0.1) is 11.3 Å². The van der Waals surface area contributed by atoms with E-state index in [1.54, 1.807) is 35.4 Å². The number of hydrogen-bond donors (Lipinski definition) is 1. The maximum absolute atomic E-state index is 12.8. The molecule has 0 spiro atoms. The number of aromatic carboxylic acids is 1. The van der Waals surface area contributed by atoms with Gasteiger partial charge in [0.2, 0.25) is 5.43 Å². The zero-order chi connectivity index (χ0) is 22.9. The van der Waals surface area contributed by atoms with E-state index in [1.165, 1.54) is 17.5 Å².